The molecule has 2 aromatic rings. The molecule has 0 fully saturated rings. The van der Waals surface area contributed by atoms with Crippen LogP contribution in [-0.4, -0.2) is 11.8 Å². The standard InChI is InChI=1S/C7H9N3OS/c1-11-10-4-2-7(9)12-5(4)3-6(10)8/h2-3H,8-9H2,1H3. The highest BCUT2D eigenvalue weighted by Crippen LogP contribution is 2.30. The summed E-state index contributed by atoms with van der Waals surface area (Å²) < 4.78 is 2.61. The van der Waals surface area contributed by atoms with E-state index in [4.69, 9.17) is 16.3 Å². The quantitative estimate of drug-likeness (QED) is 0.691. The van der Waals surface area contributed by atoms with Crippen molar-refractivity contribution in [2.24, 2.45) is 0 Å². The Hall–Kier alpha value is -1.36. The molecule has 12 heavy (non-hydrogen) atoms. The number of thiophene rings is 1. The Morgan fingerprint density at radius 2 is 2.17 bits per heavy atom. The van der Waals surface area contributed by atoms with Gasteiger partial charge in [0, 0.05) is 12.1 Å². The number of hydrogen-bond acceptors (Lipinski definition) is 4. The Labute approximate surface area is 73.3 Å². The molecule has 0 aliphatic heterocycles. The molecule has 4 nitrogen and oxygen atoms in total. The number of fused-ring (bicyclic) bond motifs is 1. The second kappa shape index (κ2) is 2.31. The summed E-state index contributed by atoms with van der Waals surface area (Å²) in [5.74, 6) is 0.596. The first-order valence-corrected chi connectivity index (χ1v) is 4.24. The van der Waals surface area contributed by atoms with Gasteiger partial charge < -0.3 is 16.3 Å². The predicted octanol–water partition coefficient (Wildman–Crippen LogP) is 0.926. The van der Waals surface area contributed by atoms with Crippen molar-refractivity contribution in [1.82, 2.24) is 4.73 Å². The molecule has 2 rings (SSSR count). The van der Waals surface area contributed by atoms with E-state index in [0.717, 1.165) is 15.2 Å². The second-order valence-corrected chi connectivity index (χ2v) is 3.56. The molecule has 0 atom stereocenters. The van der Waals surface area contributed by atoms with Gasteiger partial charge in [0.1, 0.15) is 18.4 Å². The van der Waals surface area contributed by atoms with E-state index in [1.54, 1.807) is 11.8 Å². The molecule has 0 aliphatic rings. The molecular formula is C7H9N3OS. The van der Waals surface area contributed by atoms with Gasteiger partial charge >= 0.3 is 0 Å². The summed E-state index contributed by atoms with van der Waals surface area (Å²) in [6.07, 6.45) is 0. The van der Waals surface area contributed by atoms with E-state index in [0.29, 0.717) is 5.82 Å². The highest BCUT2D eigenvalue weighted by atomic mass is 32.1. The van der Waals surface area contributed by atoms with Crippen LogP contribution in [0, 0.1) is 0 Å². The predicted molar refractivity (Wildman–Crippen MR) is 51.1 cm³/mol. The van der Waals surface area contributed by atoms with Gasteiger partial charge in [0.15, 0.2) is 0 Å². The molecule has 0 spiro atoms. The minimum atomic E-state index is 0.596. The first-order chi connectivity index (χ1) is 5.72. The van der Waals surface area contributed by atoms with Crippen LogP contribution in [0.15, 0.2) is 12.1 Å². The summed E-state index contributed by atoms with van der Waals surface area (Å²) in [7, 11) is 1.57. The highest BCUT2D eigenvalue weighted by molar-refractivity contribution is 7.22. The molecule has 0 unspecified atom stereocenters. The maximum atomic E-state index is 5.66. The fourth-order valence-electron chi connectivity index (χ4n) is 1.21. The van der Waals surface area contributed by atoms with E-state index >= 15 is 0 Å². The van der Waals surface area contributed by atoms with E-state index in [9.17, 15) is 0 Å². The zero-order valence-electron chi connectivity index (χ0n) is 6.57. The van der Waals surface area contributed by atoms with Crippen LogP contribution in [-0.2, 0) is 0 Å². The van der Waals surface area contributed by atoms with E-state index in [1.807, 2.05) is 12.1 Å². The molecule has 0 saturated carbocycles. The number of nitrogen functional groups attached to an aromatic ring is 2. The monoisotopic (exact) mass is 183 g/mol. The lowest BCUT2D eigenvalue weighted by Gasteiger charge is -2.02. The number of aromatic nitrogens is 1. The minimum absolute atomic E-state index is 0.596. The first-order valence-electron chi connectivity index (χ1n) is 3.43. The average molecular weight is 183 g/mol. The first kappa shape index (κ1) is 7.30. The Bertz CT molecular complexity index is 417. The summed E-state index contributed by atoms with van der Waals surface area (Å²) in [6.45, 7) is 0. The molecule has 0 bridgehead atoms. The Balaban J connectivity index is 2.78. The Morgan fingerprint density at radius 3 is 2.83 bits per heavy atom. The summed E-state index contributed by atoms with van der Waals surface area (Å²) in [4.78, 5) is 5.05. The van der Waals surface area contributed by atoms with E-state index in [-0.39, 0.29) is 0 Å². The molecule has 2 heterocycles. The summed E-state index contributed by atoms with van der Waals surface area (Å²) in [5.41, 5.74) is 12.2. The van der Waals surface area contributed by atoms with Crippen LogP contribution in [0.25, 0.3) is 10.2 Å². The number of rotatable bonds is 1. The lowest BCUT2D eigenvalue weighted by molar-refractivity contribution is 0.185. The van der Waals surface area contributed by atoms with Crippen LogP contribution in [0.1, 0.15) is 0 Å². The zero-order chi connectivity index (χ0) is 8.72. The fraction of sp³-hybridized carbons (Fsp3) is 0.143. The number of anilines is 2. The van der Waals surface area contributed by atoms with Crippen molar-refractivity contribution in [1.29, 1.82) is 0 Å². The topological polar surface area (TPSA) is 66.2 Å². The van der Waals surface area contributed by atoms with Crippen molar-refractivity contribution >= 4 is 32.4 Å². The van der Waals surface area contributed by atoms with Crippen molar-refractivity contribution < 1.29 is 4.84 Å². The molecule has 5 heteroatoms. The van der Waals surface area contributed by atoms with Crippen LogP contribution >= 0.6 is 11.3 Å². The SMILES string of the molecule is COn1c(N)cc2sc(N)cc21. The van der Waals surface area contributed by atoms with Gasteiger partial charge in [-0.2, -0.15) is 4.73 Å². The van der Waals surface area contributed by atoms with Gasteiger partial charge in [-0.25, -0.2) is 0 Å². The van der Waals surface area contributed by atoms with Gasteiger partial charge in [0.05, 0.1) is 9.70 Å². The Kier molecular flexibility index (Phi) is 1.41. The molecule has 4 N–H and O–H groups in total. The zero-order valence-corrected chi connectivity index (χ0v) is 7.39. The fourth-order valence-corrected chi connectivity index (χ4v) is 2.06. The molecule has 0 aromatic carbocycles. The van der Waals surface area contributed by atoms with Gasteiger partial charge in [0.2, 0.25) is 0 Å². The molecule has 0 saturated heterocycles. The molecule has 64 valence electrons. The molecule has 0 aliphatic carbocycles. The largest absolute Gasteiger partial charge is 0.415 e. The van der Waals surface area contributed by atoms with Crippen molar-refractivity contribution in [3.63, 3.8) is 0 Å². The van der Waals surface area contributed by atoms with Gasteiger partial charge in [-0.1, -0.05) is 0 Å². The molecule has 0 radical (unpaired) electrons. The van der Waals surface area contributed by atoms with Crippen molar-refractivity contribution in [3.05, 3.63) is 12.1 Å². The van der Waals surface area contributed by atoms with Crippen molar-refractivity contribution in [2.45, 2.75) is 0 Å². The minimum Gasteiger partial charge on any atom is -0.415 e. The van der Waals surface area contributed by atoms with Crippen LogP contribution in [0.3, 0.4) is 0 Å². The highest BCUT2D eigenvalue weighted by Gasteiger charge is 2.08. The lowest BCUT2D eigenvalue weighted by Crippen LogP contribution is -2.08. The van der Waals surface area contributed by atoms with E-state index in [2.05, 4.69) is 0 Å². The van der Waals surface area contributed by atoms with Crippen LogP contribution in [0.5, 0.6) is 0 Å². The number of nitrogens with zero attached hydrogens (tertiary/aromatic N) is 1. The smallest absolute Gasteiger partial charge is 0.141 e. The number of nitrogens with two attached hydrogens (primary N) is 2. The summed E-state index contributed by atoms with van der Waals surface area (Å²) in [5, 5.41) is 0.769. The molecule has 0 amide bonds. The van der Waals surface area contributed by atoms with E-state index in [1.165, 1.54) is 11.3 Å². The van der Waals surface area contributed by atoms with Crippen molar-refractivity contribution in [2.75, 3.05) is 18.6 Å². The normalized spacial score (nSPS) is 10.8. The maximum Gasteiger partial charge on any atom is 0.141 e. The van der Waals surface area contributed by atoms with Crippen LogP contribution in [0.4, 0.5) is 10.8 Å². The van der Waals surface area contributed by atoms with Gasteiger partial charge in [-0.3, -0.25) is 0 Å². The average Bonchev–Trinajstić information content (AvgIpc) is 2.43. The number of hydrogen-bond donors (Lipinski definition) is 2. The van der Waals surface area contributed by atoms with Crippen molar-refractivity contribution in [3.8, 4) is 0 Å². The third-order valence-corrected chi connectivity index (χ3v) is 2.57. The second-order valence-electron chi connectivity index (χ2n) is 2.44. The molecule has 2 aromatic heterocycles. The third-order valence-electron chi connectivity index (χ3n) is 1.67. The van der Waals surface area contributed by atoms with Crippen LogP contribution < -0.4 is 16.3 Å². The van der Waals surface area contributed by atoms with Gasteiger partial charge in [-0.15, -0.1) is 11.3 Å². The van der Waals surface area contributed by atoms with Gasteiger partial charge in [0.25, 0.3) is 0 Å². The maximum absolute atomic E-state index is 5.66. The lowest BCUT2D eigenvalue weighted by atomic mass is 10.5. The van der Waals surface area contributed by atoms with Gasteiger partial charge in [-0.05, 0) is 0 Å². The third kappa shape index (κ3) is 0.831. The summed E-state index contributed by atoms with van der Waals surface area (Å²) >= 11 is 1.50. The Morgan fingerprint density at radius 1 is 1.42 bits per heavy atom. The van der Waals surface area contributed by atoms with Crippen LogP contribution in [0.2, 0.25) is 0 Å². The molecular weight excluding hydrogens is 174 g/mol. The summed E-state index contributed by atoms with van der Waals surface area (Å²) in [6, 6.07) is 3.69. The van der Waals surface area contributed by atoms with E-state index < -0.39 is 0 Å².